The lowest BCUT2D eigenvalue weighted by molar-refractivity contribution is -0.139. The van der Waals surface area contributed by atoms with Crippen LogP contribution in [0.5, 0.6) is 11.5 Å². The van der Waals surface area contributed by atoms with E-state index >= 15 is 0 Å². The number of aromatic carboxylic acids is 1. The third-order valence-corrected chi connectivity index (χ3v) is 5.98. The lowest BCUT2D eigenvalue weighted by atomic mass is 9.98. The summed E-state index contributed by atoms with van der Waals surface area (Å²) in [4.78, 5) is 35.4. The van der Waals surface area contributed by atoms with Gasteiger partial charge >= 0.3 is 17.9 Å². The van der Waals surface area contributed by atoms with Crippen molar-refractivity contribution < 1.29 is 33.7 Å². The first-order valence-corrected chi connectivity index (χ1v) is 11.5. The van der Waals surface area contributed by atoms with Crippen LogP contribution in [0.3, 0.4) is 0 Å². The summed E-state index contributed by atoms with van der Waals surface area (Å²) in [6.07, 6.45) is 0.529. The minimum atomic E-state index is -0.962. The van der Waals surface area contributed by atoms with E-state index in [-0.39, 0.29) is 18.1 Å². The Hall–Kier alpha value is -4.39. The van der Waals surface area contributed by atoms with Gasteiger partial charge in [0.25, 0.3) is 0 Å². The molecule has 1 aliphatic carbocycles. The van der Waals surface area contributed by atoms with Gasteiger partial charge in [-0.15, -0.1) is 0 Å². The highest BCUT2D eigenvalue weighted by Crippen LogP contribution is 2.46. The summed E-state index contributed by atoms with van der Waals surface area (Å²) in [5.41, 5.74) is 4.90. The van der Waals surface area contributed by atoms with E-state index in [1.165, 1.54) is 0 Å². The molecule has 3 aromatic rings. The van der Waals surface area contributed by atoms with Crippen molar-refractivity contribution in [2.24, 2.45) is 0 Å². The highest BCUT2D eigenvalue weighted by Gasteiger charge is 2.27. The Morgan fingerprint density at radius 2 is 1.47 bits per heavy atom. The van der Waals surface area contributed by atoms with Gasteiger partial charge in [-0.25, -0.2) is 14.4 Å². The number of benzene rings is 3. The number of hydrogen-bond acceptors (Lipinski definition) is 6. The molecular weight excluding hydrogens is 460 g/mol. The topological polar surface area (TPSA) is 99.1 Å². The van der Waals surface area contributed by atoms with E-state index in [9.17, 15) is 19.5 Å². The van der Waals surface area contributed by atoms with E-state index in [1.54, 1.807) is 49.4 Å². The molecule has 0 amide bonds. The highest BCUT2D eigenvalue weighted by atomic mass is 16.5. The van der Waals surface area contributed by atoms with Crippen LogP contribution in [0.15, 0.2) is 72.8 Å². The van der Waals surface area contributed by atoms with E-state index in [4.69, 9.17) is 14.2 Å². The summed E-state index contributed by atoms with van der Waals surface area (Å²) < 4.78 is 16.2. The lowest BCUT2D eigenvalue weighted by Crippen LogP contribution is -2.10. The average Bonchev–Trinajstić information content (AvgIpc) is 3.14. The number of hydrogen-bond donors (Lipinski definition) is 1. The Bertz CT molecular complexity index is 1340. The number of carbonyl (C=O) groups is 3. The summed E-state index contributed by atoms with van der Waals surface area (Å²) >= 11 is 0. The molecule has 0 spiro atoms. The predicted molar refractivity (Wildman–Crippen MR) is 134 cm³/mol. The number of esters is 2. The second-order valence-corrected chi connectivity index (χ2v) is 8.61. The molecule has 1 N–H and O–H groups in total. The second kappa shape index (κ2) is 10.5. The first kappa shape index (κ1) is 24.7. The van der Waals surface area contributed by atoms with Crippen LogP contribution in [-0.4, -0.2) is 36.2 Å². The van der Waals surface area contributed by atoms with Crippen LogP contribution in [0, 0.1) is 0 Å². The van der Waals surface area contributed by atoms with Crippen molar-refractivity contribution in [2.45, 2.75) is 26.2 Å². The van der Waals surface area contributed by atoms with Gasteiger partial charge in [0.2, 0.25) is 0 Å². The Morgan fingerprint density at radius 1 is 0.861 bits per heavy atom. The Kier molecular flexibility index (Phi) is 7.20. The van der Waals surface area contributed by atoms with Crippen LogP contribution in [0.1, 0.15) is 58.0 Å². The first-order valence-electron chi connectivity index (χ1n) is 11.5. The molecule has 1 atom stereocenters. The maximum atomic E-state index is 12.7. The third-order valence-electron chi connectivity index (χ3n) is 5.98. The minimum absolute atomic E-state index is 0.0197. The minimum Gasteiger partial charge on any atom is -0.493 e. The van der Waals surface area contributed by atoms with E-state index < -0.39 is 17.9 Å². The molecule has 0 heterocycles. The normalized spacial score (nSPS) is 13.3. The van der Waals surface area contributed by atoms with E-state index in [2.05, 4.69) is 6.58 Å². The van der Waals surface area contributed by atoms with Gasteiger partial charge in [0.05, 0.1) is 24.3 Å². The largest absolute Gasteiger partial charge is 0.493 e. The number of carboxylic acids is 1. The molecule has 0 bridgehead atoms. The Morgan fingerprint density at radius 3 is 2.14 bits per heavy atom. The van der Waals surface area contributed by atoms with Gasteiger partial charge in [-0.05, 0) is 77.7 Å². The fraction of sp³-hybridized carbons (Fsp3) is 0.207. The van der Waals surface area contributed by atoms with Gasteiger partial charge in [-0.1, -0.05) is 25.6 Å². The van der Waals surface area contributed by atoms with Gasteiger partial charge in [0, 0.05) is 17.9 Å². The molecule has 0 aromatic heterocycles. The number of fused-ring (bicyclic) bond motifs is 3. The third kappa shape index (κ3) is 5.30. The van der Waals surface area contributed by atoms with Gasteiger partial charge in [-0.2, -0.15) is 0 Å². The number of carboxylic acid groups (broad SMARTS) is 1. The zero-order valence-electron chi connectivity index (χ0n) is 20.1. The SMILES string of the molecule is C=C(C)C(=O)OCCCOc1ccc(C(=O)Oc2ccc3c(c2)C(C)c2cc(C(=O)O)ccc2-3)cc1. The van der Waals surface area contributed by atoms with Crippen LogP contribution in [0.2, 0.25) is 0 Å². The van der Waals surface area contributed by atoms with E-state index in [0.717, 1.165) is 22.3 Å². The van der Waals surface area contributed by atoms with E-state index in [1.807, 2.05) is 25.1 Å². The zero-order valence-corrected chi connectivity index (χ0v) is 20.1. The van der Waals surface area contributed by atoms with Crippen molar-refractivity contribution in [1.29, 1.82) is 0 Å². The fourth-order valence-electron chi connectivity index (χ4n) is 4.06. The van der Waals surface area contributed by atoms with Gasteiger partial charge in [0.15, 0.2) is 0 Å². The standard InChI is InChI=1S/C29H26O7/c1-17(2)28(32)35-14-4-13-34-21-8-5-19(6-9-21)29(33)36-22-10-12-24-23-11-7-20(27(30)31)15-25(23)18(3)26(24)16-22/h5-12,15-16,18H,1,4,13-14H2,2-3H3,(H,30,31). The average molecular weight is 487 g/mol. The predicted octanol–water partition coefficient (Wildman–Crippen LogP) is 5.62. The van der Waals surface area contributed by atoms with Crippen molar-refractivity contribution >= 4 is 17.9 Å². The van der Waals surface area contributed by atoms with Crippen molar-refractivity contribution in [3.63, 3.8) is 0 Å². The molecule has 7 heteroatoms. The molecule has 0 aliphatic heterocycles. The van der Waals surface area contributed by atoms with Gasteiger partial charge in [-0.3, -0.25) is 0 Å². The monoisotopic (exact) mass is 486 g/mol. The molecule has 184 valence electrons. The Balaban J connectivity index is 1.35. The molecule has 3 aromatic carbocycles. The van der Waals surface area contributed by atoms with Crippen LogP contribution >= 0.6 is 0 Å². The van der Waals surface area contributed by atoms with E-state index in [0.29, 0.717) is 35.7 Å². The molecule has 0 saturated heterocycles. The number of carbonyl (C=O) groups excluding carboxylic acids is 2. The van der Waals surface area contributed by atoms with Crippen molar-refractivity contribution in [1.82, 2.24) is 0 Å². The van der Waals surface area contributed by atoms with Crippen molar-refractivity contribution in [3.05, 3.63) is 95.1 Å². The first-order chi connectivity index (χ1) is 17.2. The zero-order chi connectivity index (χ0) is 25.8. The van der Waals surface area contributed by atoms with Gasteiger partial charge in [0.1, 0.15) is 11.5 Å². The van der Waals surface area contributed by atoms with Crippen LogP contribution in [0.25, 0.3) is 11.1 Å². The molecule has 36 heavy (non-hydrogen) atoms. The molecular formula is C29H26O7. The summed E-state index contributed by atoms with van der Waals surface area (Å²) in [5.74, 6) is -0.897. The summed E-state index contributed by atoms with van der Waals surface area (Å²) in [6, 6.07) is 17.2. The summed E-state index contributed by atoms with van der Waals surface area (Å²) in [7, 11) is 0. The van der Waals surface area contributed by atoms with Crippen molar-refractivity contribution in [2.75, 3.05) is 13.2 Å². The highest BCUT2D eigenvalue weighted by molar-refractivity contribution is 5.92. The maximum Gasteiger partial charge on any atom is 0.343 e. The molecule has 0 fully saturated rings. The van der Waals surface area contributed by atoms with Gasteiger partial charge < -0.3 is 19.3 Å². The molecule has 7 nitrogen and oxygen atoms in total. The second-order valence-electron chi connectivity index (χ2n) is 8.61. The smallest absolute Gasteiger partial charge is 0.343 e. The van der Waals surface area contributed by atoms with Crippen molar-refractivity contribution in [3.8, 4) is 22.6 Å². The van der Waals surface area contributed by atoms with Crippen LogP contribution in [-0.2, 0) is 9.53 Å². The lowest BCUT2D eigenvalue weighted by Gasteiger charge is -2.10. The maximum absolute atomic E-state index is 12.7. The summed E-state index contributed by atoms with van der Waals surface area (Å²) in [5, 5.41) is 9.30. The van der Waals surface area contributed by atoms with Crippen LogP contribution in [0.4, 0.5) is 0 Å². The molecule has 0 saturated carbocycles. The molecule has 4 rings (SSSR count). The number of rotatable bonds is 9. The Labute approximate surface area is 208 Å². The molecule has 1 aliphatic rings. The summed E-state index contributed by atoms with van der Waals surface area (Å²) in [6.45, 7) is 7.72. The quantitative estimate of drug-likeness (QED) is 0.181. The molecule has 0 radical (unpaired) electrons. The fourth-order valence-corrected chi connectivity index (χ4v) is 4.06. The van der Waals surface area contributed by atoms with Crippen LogP contribution < -0.4 is 9.47 Å². The molecule has 1 unspecified atom stereocenters. The number of ether oxygens (including phenoxy) is 3.